The lowest BCUT2D eigenvalue weighted by molar-refractivity contribution is 0.102. The third-order valence-electron chi connectivity index (χ3n) is 4.40. The summed E-state index contributed by atoms with van der Waals surface area (Å²) in [4.78, 5) is 21.4. The maximum Gasteiger partial charge on any atom is 0.261 e. The van der Waals surface area contributed by atoms with E-state index < -0.39 is 15.9 Å². The Hall–Kier alpha value is -3.56. The van der Waals surface area contributed by atoms with E-state index in [9.17, 15) is 13.2 Å². The first-order chi connectivity index (χ1) is 14.9. The molecule has 0 unspecified atom stereocenters. The number of rotatable bonds is 6. The molecular weight excluding hydrogens is 432 g/mol. The van der Waals surface area contributed by atoms with Crippen molar-refractivity contribution in [3.8, 4) is 11.3 Å². The molecule has 2 aromatic carbocycles. The molecule has 31 heavy (non-hydrogen) atoms. The van der Waals surface area contributed by atoms with Gasteiger partial charge < -0.3 is 0 Å². The maximum absolute atomic E-state index is 12.9. The van der Waals surface area contributed by atoms with Crippen LogP contribution in [0.25, 0.3) is 11.3 Å². The summed E-state index contributed by atoms with van der Waals surface area (Å²) in [6, 6.07) is 17.6. The van der Waals surface area contributed by atoms with Gasteiger partial charge in [0.25, 0.3) is 15.9 Å². The molecule has 0 aliphatic rings. The number of pyridine rings is 1. The number of hydrogen-bond acceptors (Lipinski definition) is 6. The lowest BCUT2D eigenvalue weighted by atomic mass is 10.2. The highest BCUT2D eigenvalue weighted by Crippen LogP contribution is 2.26. The average molecular weight is 451 g/mol. The number of aromatic nitrogens is 2. The van der Waals surface area contributed by atoms with Crippen LogP contribution in [-0.4, -0.2) is 24.3 Å². The molecule has 0 fully saturated rings. The highest BCUT2D eigenvalue weighted by atomic mass is 32.2. The smallest absolute Gasteiger partial charge is 0.261 e. The normalized spacial score (nSPS) is 11.1. The minimum Gasteiger partial charge on any atom is -0.298 e. The van der Waals surface area contributed by atoms with E-state index in [1.807, 2.05) is 35.7 Å². The molecule has 156 valence electrons. The molecule has 1 amide bonds. The number of benzene rings is 2. The highest BCUT2D eigenvalue weighted by molar-refractivity contribution is 7.92. The lowest BCUT2D eigenvalue weighted by Crippen LogP contribution is -2.19. The van der Waals surface area contributed by atoms with Crippen LogP contribution in [0.4, 0.5) is 10.8 Å². The van der Waals surface area contributed by atoms with E-state index in [4.69, 9.17) is 0 Å². The van der Waals surface area contributed by atoms with Crippen LogP contribution in [0, 0.1) is 6.92 Å². The summed E-state index contributed by atoms with van der Waals surface area (Å²) in [7, 11) is -3.88. The summed E-state index contributed by atoms with van der Waals surface area (Å²) < 4.78 is 28.0. The molecule has 2 aromatic heterocycles. The number of aryl methyl sites for hydroxylation is 1. The van der Waals surface area contributed by atoms with E-state index in [2.05, 4.69) is 20.0 Å². The standard InChI is InChI=1S/C22H18N4O3S2/c1-15-6-5-9-17(12-15)31(28,29)26-19-13-23-11-10-18(19)21(27)25-22-24-20(14-30-22)16-7-3-2-4-8-16/h2-14,26H,1H3,(H,24,25,27). The Bertz CT molecular complexity index is 1340. The van der Waals surface area contributed by atoms with Crippen LogP contribution in [0.5, 0.6) is 0 Å². The van der Waals surface area contributed by atoms with Crippen LogP contribution in [0.2, 0.25) is 0 Å². The van der Waals surface area contributed by atoms with Gasteiger partial charge in [-0.25, -0.2) is 13.4 Å². The predicted octanol–water partition coefficient (Wildman–Crippen LogP) is 4.57. The lowest BCUT2D eigenvalue weighted by Gasteiger charge is -2.12. The molecule has 0 radical (unpaired) electrons. The average Bonchev–Trinajstić information content (AvgIpc) is 3.23. The van der Waals surface area contributed by atoms with Crippen molar-refractivity contribution in [1.29, 1.82) is 0 Å². The number of anilines is 2. The molecule has 0 saturated heterocycles. The Morgan fingerprint density at radius 2 is 1.84 bits per heavy atom. The molecule has 0 saturated carbocycles. The number of nitrogens with zero attached hydrogens (tertiary/aromatic N) is 2. The topological polar surface area (TPSA) is 101 Å². The minimum absolute atomic E-state index is 0.0846. The molecule has 2 heterocycles. The Kier molecular flexibility index (Phi) is 5.79. The van der Waals surface area contributed by atoms with Gasteiger partial charge >= 0.3 is 0 Å². The van der Waals surface area contributed by atoms with Crippen LogP contribution in [0.3, 0.4) is 0 Å². The quantitative estimate of drug-likeness (QED) is 0.448. The summed E-state index contributed by atoms with van der Waals surface area (Å²) in [5.41, 5.74) is 2.72. The molecule has 7 nitrogen and oxygen atoms in total. The van der Waals surface area contributed by atoms with Gasteiger partial charge in [0.2, 0.25) is 0 Å². The van der Waals surface area contributed by atoms with Crippen molar-refractivity contribution >= 4 is 38.1 Å². The molecule has 9 heteroatoms. The molecule has 0 spiro atoms. The highest BCUT2D eigenvalue weighted by Gasteiger charge is 2.20. The van der Waals surface area contributed by atoms with Crippen LogP contribution < -0.4 is 10.0 Å². The Balaban J connectivity index is 1.56. The van der Waals surface area contributed by atoms with Gasteiger partial charge in [-0.05, 0) is 30.7 Å². The van der Waals surface area contributed by atoms with Crippen molar-refractivity contribution in [2.75, 3.05) is 10.0 Å². The molecule has 4 rings (SSSR count). The van der Waals surface area contributed by atoms with Crippen LogP contribution in [0.1, 0.15) is 15.9 Å². The van der Waals surface area contributed by atoms with Gasteiger partial charge in [0, 0.05) is 17.1 Å². The second kappa shape index (κ2) is 8.66. The second-order valence-corrected chi connectivity index (χ2v) is 9.24. The first-order valence-corrected chi connectivity index (χ1v) is 11.6. The molecule has 0 aliphatic heterocycles. The van der Waals surface area contributed by atoms with Gasteiger partial charge in [0.05, 0.1) is 28.0 Å². The fourth-order valence-electron chi connectivity index (χ4n) is 2.90. The zero-order chi connectivity index (χ0) is 21.8. The van der Waals surface area contributed by atoms with Crippen molar-refractivity contribution in [3.63, 3.8) is 0 Å². The SMILES string of the molecule is Cc1cccc(S(=O)(=O)Nc2cnccc2C(=O)Nc2nc(-c3ccccc3)cs2)c1. The second-order valence-electron chi connectivity index (χ2n) is 6.70. The fraction of sp³-hybridized carbons (Fsp3) is 0.0455. The van der Waals surface area contributed by atoms with Gasteiger partial charge in [-0.15, -0.1) is 11.3 Å². The van der Waals surface area contributed by atoms with Crippen molar-refractivity contribution in [2.45, 2.75) is 11.8 Å². The summed E-state index contributed by atoms with van der Waals surface area (Å²) in [6.45, 7) is 1.81. The van der Waals surface area contributed by atoms with Gasteiger partial charge in [-0.3, -0.25) is 19.8 Å². The van der Waals surface area contributed by atoms with Gasteiger partial charge in [-0.1, -0.05) is 42.5 Å². The largest absolute Gasteiger partial charge is 0.298 e. The number of hydrogen-bond donors (Lipinski definition) is 2. The fourth-order valence-corrected chi connectivity index (χ4v) is 4.78. The van der Waals surface area contributed by atoms with Crippen molar-refractivity contribution in [3.05, 3.63) is 89.6 Å². The number of carbonyl (C=O) groups is 1. The molecule has 0 aliphatic carbocycles. The van der Waals surface area contributed by atoms with E-state index in [-0.39, 0.29) is 16.1 Å². The van der Waals surface area contributed by atoms with E-state index in [0.717, 1.165) is 16.8 Å². The number of amides is 1. The summed E-state index contributed by atoms with van der Waals surface area (Å²) in [5.74, 6) is -0.488. The van der Waals surface area contributed by atoms with Crippen LogP contribution >= 0.6 is 11.3 Å². The van der Waals surface area contributed by atoms with E-state index in [1.54, 1.807) is 25.1 Å². The Labute approximate surface area is 183 Å². The first-order valence-electron chi connectivity index (χ1n) is 9.28. The van der Waals surface area contributed by atoms with E-state index in [1.165, 1.54) is 35.9 Å². The summed E-state index contributed by atoms with van der Waals surface area (Å²) >= 11 is 1.29. The Morgan fingerprint density at radius 3 is 2.61 bits per heavy atom. The molecule has 4 aromatic rings. The predicted molar refractivity (Wildman–Crippen MR) is 122 cm³/mol. The molecule has 0 atom stereocenters. The molecule has 2 N–H and O–H groups in total. The number of sulfonamides is 1. The van der Waals surface area contributed by atoms with E-state index >= 15 is 0 Å². The van der Waals surface area contributed by atoms with Gasteiger partial charge in [0.15, 0.2) is 5.13 Å². The van der Waals surface area contributed by atoms with Crippen molar-refractivity contribution < 1.29 is 13.2 Å². The van der Waals surface area contributed by atoms with Crippen molar-refractivity contribution in [2.24, 2.45) is 0 Å². The van der Waals surface area contributed by atoms with Crippen LogP contribution in [0.15, 0.2) is 83.3 Å². The summed E-state index contributed by atoms with van der Waals surface area (Å²) in [5, 5.41) is 4.99. The summed E-state index contributed by atoms with van der Waals surface area (Å²) in [6.07, 6.45) is 2.73. The van der Waals surface area contributed by atoms with E-state index in [0.29, 0.717) is 5.13 Å². The maximum atomic E-state index is 12.9. The minimum atomic E-state index is -3.88. The number of nitrogens with one attached hydrogen (secondary N) is 2. The zero-order valence-corrected chi connectivity index (χ0v) is 18.1. The third kappa shape index (κ3) is 4.79. The van der Waals surface area contributed by atoms with Gasteiger partial charge in [0.1, 0.15) is 0 Å². The van der Waals surface area contributed by atoms with Crippen LogP contribution in [-0.2, 0) is 10.0 Å². The first kappa shape index (κ1) is 20.7. The molecule has 0 bridgehead atoms. The number of thiazole rings is 1. The van der Waals surface area contributed by atoms with Crippen molar-refractivity contribution in [1.82, 2.24) is 9.97 Å². The number of carbonyl (C=O) groups excluding carboxylic acids is 1. The molecular formula is C22H18N4O3S2. The third-order valence-corrected chi connectivity index (χ3v) is 6.52. The van der Waals surface area contributed by atoms with Gasteiger partial charge in [-0.2, -0.15) is 0 Å². The monoisotopic (exact) mass is 450 g/mol. The zero-order valence-electron chi connectivity index (χ0n) is 16.4. The Morgan fingerprint density at radius 1 is 1.03 bits per heavy atom.